The number of ether oxygens (including phenoxy) is 3. The van der Waals surface area contributed by atoms with E-state index >= 15 is 0 Å². The van der Waals surface area contributed by atoms with Crippen LogP contribution in [0, 0.1) is 6.92 Å². The number of hydrogen-bond donors (Lipinski definition) is 1. The highest BCUT2D eigenvalue weighted by atomic mass is 16.5. The molecule has 2 aromatic rings. The van der Waals surface area contributed by atoms with Crippen molar-refractivity contribution in [3.8, 4) is 11.5 Å². The van der Waals surface area contributed by atoms with Gasteiger partial charge in [0, 0.05) is 17.3 Å². The van der Waals surface area contributed by atoms with Gasteiger partial charge in [-0.25, -0.2) is 0 Å². The molecule has 0 radical (unpaired) electrons. The largest absolute Gasteiger partial charge is 0.497 e. The third kappa shape index (κ3) is 5.48. The molecule has 0 aliphatic carbocycles. The van der Waals surface area contributed by atoms with Crippen LogP contribution in [0.2, 0.25) is 0 Å². The van der Waals surface area contributed by atoms with Crippen LogP contribution in [0.3, 0.4) is 0 Å². The topological polar surface area (TPSA) is 73.9 Å². The summed E-state index contributed by atoms with van der Waals surface area (Å²) in [5.74, 6) is 0.291. The number of benzene rings is 2. The van der Waals surface area contributed by atoms with E-state index in [-0.39, 0.29) is 18.9 Å². The van der Waals surface area contributed by atoms with Gasteiger partial charge in [0.05, 0.1) is 20.6 Å². The lowest BCUT2D eigenvalue weighted by molar-refractivity contribution is -0.146. The standard InChI is InChI=1S/C21H25NO5/c1-5-15-8-6-7-14(2)21(15)22-19(23)13-27-20(24)11-16-9-10-17(25-3)12-18(16)26-4/h6-10,12H,5,11,13H2,1-4H3,(H,22,23). The Morgan fingerprint density at radius 1 is 1.04 bits per heavy atom. The monoisotopic (exact) mass is 371 g/mol. The number of esters is 1. The minimum atomic E-state index is -0.505. The van der Waals surface area contributed by atoms with Crippen LogP contribution in [0.15, 0.2) is 36.4 Å². The van der Waals surface area contributed by atoms with Gasteiger partial charge in [-0.05, 0) is 30.5 Å². The number of aryl methyl sites for hydroxylation is 2. The molecule has 27 heavy (non-hydrogen) atoms. The molecule has 0 bridgehead atoms. The maximum Gasteiger partial charge on any atom is 0.310 e. The van der Waals surface area contributed by atoms with Gasteiger partial charge in [0.25, 0.3) is 5.91 Å². The maximum atomic E-state index is 12.2. The average molecular weight is 371 g/mol. The number of methoxy groups -OCH3 is 2. The summed E-state index contributed by atoms with van der Waals surface area (Å²) < 4.78 is 15.5. The highest BCUT2D eigenvalue weighted by Gasteiger charge is 2.14. The van der Waals surface area contributed by atoms with Crippen molar-refractivity contribution in [1.82, 2.24) is 0 Å². The number of nitrogens with one attached hydrogen (secondary N) is 1. The first kappa shape index (κ1) is 20.3. The third-order valence-corrected chi connectivity index (χ3v) is 4.20. The lowest BCUT2D eigenvalue weighted by atomic mass is 10.1. The fraction of sp³-hybridized carbons (Fsp3) is 0.333. The molecule has 0 unspecified atom stereocenters. The van der Waals surface area contributed by atoms with Crippen molar-refractivity contribution in [2.24, 2.45) is 0 Å². The predicted molar refractivity (Wildman–Crippen MR) is 103 cm³/mol. The molecule has 6 heteroatoms. The smallest absolute Gasteiger partial charge is 0.310 e. The van der Waals surface area contributed by atoms with Crippen molar-refractivity contribution in [3.63, 3.8) is 0 Å². The van der Waals surface area contributed by atoms with Gasteiger partial charge in [-0.2, -0.15) is 0 Å². The molecule has 2 rings (SSSR count). The molecule has 6 nitrogen and oxygen atoms in total. The maximum absolute atomic E-state index is 12.2. The summed E-state index contributed by atoms with van der Waals surface area (Å²) in [6, 6.07) is 11.0. The van der Waals surface area contributed by atoms with E-state index in [9.17, 15) is 9.59 Å². The van der Waals surface area contributed by atoms with E-state index < -0.39 is 5.97 Å². The van der Waals surface area contributed by atoms with E-state index in [0.717, 1.165) is 23.2 Å². The van der Waals surface area contributed by atoms with Crippen LogP contribution in [0.5, 0.6) is 11.5 Å². The zero-order chi connectivity index (χ0) is 19.8. The molecule has 0 spiro atoms. The first-order valence-electron chi connectivity index (χ1n) is 8.73. The zero-order valence-electron chi connectivity index (χ0n) is 16.1. The van der Waals surface area contributed by atoms with E-state index in [1.807, 2.05) is 32.0 Å². The number of carbonyl (C=O) groups excluding carboxylic acids is 2. The van der Waals surface area contributed by atoms with E-state index in [1.54, 1.807) is 25.3 Å². The lowest BCUT2D eigenvalue weighted by Gasteiger charge is -2.13. The van der Waals surface area contributed by atoms with E-state index in [4.69, 9.17) is 14.2 Å². The molecular formula is C21H25NO5. The molecule has 1 amide bonds. The number of para-hydroxylation sites is 1. The summed E-state index contributed by atoms with van der Waals surface area (Å²) in [6.45, 7) is 3.61. The van der Waals surface area contributed by atoms with Crippen LogP contribution in [0.25, 0.3) is 0 Å². The summed E-state index contributed by atoms with van der Waals surface area (Å²) in [6.07, 6.45) is 0.805. The summed E-state index contributed by atoms with van der Waals surface area (Å²) in [5.41, 5.74) is 3.45. The SMILES string of the molecule is CCc1cccc(C)c1NC(=O)COC(=O)Cc1ccc(OC)cc1OC. The van der Waals surface area contributed by atoms with Crippen LogP contribution < -0.4 is 14.8 Å². The normalized spacial score (nSPS) is 10.2. The Balaban J connectivity index is 1.93. The minimum absolute atomic E-state index is 0.00498. The molecule has 2 aromatic carbocycles. The van der Waals surface area contributed by atoms with Gasteiger partial charge in [0.2, 0.25) is 0 Å². The van der Waals surface area contributed by atoms with E-state index in [1.165, 1.54) is 7.11 Å². The Hall–Kier alpha value is -3.02. The van der Waals surface area contributed by atoms with Crippen molar-refractivity contribution in [3.05, 3.63) is 53.1 Å². The predicted octanol–water partition coefficient (Wildman–Crippen LogP) is 3.30. The van der Waals surface area contributed by atoms with Gasteiger partial charge in [-0.3, -0.25) is 9.59 Å². The summed E-state index contributed by atoms with van der Waals surface area (Å²) >= 11 is 0. The molecular weight excluding hydrogens is 346 g/mol. The number of hydrogen-bond acceptors (Lipinski definition) is 5. The Morgan fingerprint density at radius 2 is 1.81 bits per heavy atom. The van der Waals surface area contributed by atoms with Gasteiger partial charge in [-0.1, -0.05) is 31.2 Å². The molecule has 0 aliphatic heterocycles. The Labute approximate surface area is 159 Å². The van der Waals surface area contributed by atoms with Crippen LogP contribution in [-0.4, -0.2) is 32.7 Å². The number of anilines is 1. The molecule has 0 heterocycles. The number of amides is 1. The molecule has 0 aromatic heterocycles. The van der Waals surface area contributed by atoms with Gasteiger partial charge in [0.15, 0.2) is 6.61 Å². The summed E-state index contributed by atoms with van der Waals surface area (Å²) in [4.78, 5) is 24.3. The average Bonchev–Trinajstić information content (AvgIpc) is 2.68. The molecule has 0 aliphatic rings. The first-order chi connectivity index (χ1) is 13.0. The van der Waals surface area contributed by atoms with Crippen molar-refractivity contribution in [2.75, 3.05) is 26.1 Å². The van der Waals surface area contributed by atoms with Crippen LogP contribution in [0.1, 0.15) is 23.6 Å². The quantitative estimate of drug-likeness (QED) is 0.721. The van der Waals surface area contributed by atoms with Crippen molar-refractivity contribution in [1.29, 1.82) is 0 Å². The Bertz CT molecular complexity index is 816. The van der Waals surface area contributed by atoms with Crippen molar-refractivity contribution in [2.45, 2.75) is 26.7 Å². The fourth-order valence-corrected chi connectivity index (χ4v) is 2.73. The van der Waals surface area contributed by atoms with Gasteiger partial charge < -0.3 is 19.5 Å². The zero-order valence-corrected chi connectivity index (χ0v) is 16.1. The lowest BCUT2D eigenvalue weighted by Crippen LogP contribution is -2.22. The number of carbonyl (C=O) groups is 2. The van der Waals surface area contributed by atoms with Crippen LogP contribution in [-0.2, 0) is 27.2 Å². The third-order valence-electron chi connectivity index (χ3n) is 4.20. The Kier molecular flexibility index (Phi) is 7.23. The van der Waals surface area contributed by atoms with Crippen LogP contribution >= 0.6 is 0 Å². The second-order valence-corrected chi connectivity index (χ2v) is 6.03. The van der Waals surface area contributed by atoms with Gasteiger partial charge in [0.1, 0.15) is 11.5 Å². The van der Waals surface area contributed by atoms with Crippen molar-refractivity contribution < 1.29 is 23.8 Å². The van der Waals surface area contributed by atoms with E-state index in [0.29, 0.717) is 17.1 Å². The first-order valence-corrected chi connectivity index (χ1v) is 8.73. The van der Waals surface area contributed by atoms with E-state index in [2.05, 4.69) is 5.32 Å². The molecule has 144 valence electrons. The second-order valence-electron chi connectivity index (χ2n) is 6.03. The molecule has 0 saturated heterocycles. The number of rotatable bonds is 8. The molecule has 0 atom stereocenters. The Morgan fingerprint density at radius 3 is 2.48 bits per heavy atom. The fourth-order valence-electron chi connectivity index (χ4n) is 2.73. The van der Waals surface area contributed by atoms with Gasteiger partial charge >= 0.3 is 5.97 Å². The summed E-state index contributed by atoms with van der Waals surface area (Å²) in [7, 11) is 3.07. The molecule has 0 fully saturated rings. The highest BCUT2D eigenvalue weighted by Crippen LogP contribution is 2.25. The van der Waals surface area contributed by atoms with Gasteiger partial charge in [-0.15, -0.1) is 0 Å². The minimum Gasteiger partial charge on any atom is -0.497 e. The highest BCUT2D eigenvalue weighted by molar-refractivity contribution is 5.94. The molecule has 1 N–H and O–H groups in total. The van der Waals surface area contributed by atoms with Crippen molar-refractivity contribution >= 4 is 17.6 Å². The molecule has 0 saturated carbocycles. The second kappa shape index (κ2) is 9.62. The summed E-state index contributed by atoms with van der Waals surface area (Å²) in [5, 5.41) is 2.83. The van der Waals surface area contributed by atoms with Crippen LogP contribution in [0.4, 0.5) is 5.69 Å².